The van der Waals surface area contributed by atoms with Crippen LogP contribution in [-0.4, -0.2) is 26.1 Å². The summed E-state index contributed by atoms with van der Waals surface area (Å²) in [5.74, 6) is 0.421. The molecule has 0 bridgehead atoms. The Kier molecular flexibility index (Phi) is 5.59. The normalized spacial score (nSPS) is 11.8. The van der Waals surface area contributed by atoms with E-state index in [1.807, 2.05) is 0 Å². The van der Waals surface area contributed by atoms with Gasteiger partial charge in [-0.15, -0.1) is 0 Å². The van der Waals surface area contributed by atoms with E-state index < -0.39 is 11.7 Å². The van der Waals surface area contributed by atoms with Crippen LogP contribution in [0.15, 0.2) is 47.8 Å². The van der Waals surface area contributed by atoms with Crippen LogP contribution in [0.5, 0.6) is 5.75 Å². The lowest BCUT2D eigenvalue weighted by Crippen LogP contribution is -2.06. The third-order valence-electron chi connectivity index (χ3n) is 4.10. The Morgan fingerprint density at radius 1 is 1.06 bits per heavy atom. The van der Waals surface area contributed by atoms with E-state index in [0.717, 1.165) is 16.7 Å². The fraction of sp³-hybridized carbons (Fsp3) is 0.105. The van der Waals surface area contributed by atoms with Gasteiger partial charge in [0.25, 0.3) is 5.89 Å². The van der Waals surface area contributed by atoms with Gasteiger partial charge in [-0.1, -0.05) is 52.6 Å². The first kappa shape index (κ1) is 21.5. The smallest absolute Gasteiger partial charge is 0.417 e. The molecule has 160 valence electrons. The Morgan fingerprint density at radius 2 is 1.84 bits per heavy atom. The number of ether oxygens (including phenoxy) is 1. The summed E-state index contributed by atoms with van der Waals surface area (Å²) in [4.78, 5) is 8.41. The predicted molar refractivity (Wildman–Crippen MR) is 110 cm³/mol. The van der Waals surface area contributed by atoms with Gasteiger partial charge in [0, 0.05) is 18.5 Å². The summed E-state index contributed by atoms with van der Waals surface area (Å²) in [5, 5.41) is 4.16. The molecule has 0 amide bonds. The molecule has 12 heteroatoms. The summed E-state index contributed by atoms with van der Waals surface area (Å²) in [6.45, 7) is 3.80. The number of aromatic nitrogens is 4. The standard InChI is InChI=1S/C19H10Cl3F3N4O2/c1-2-3-30-15-6-11(20)10(5-12(15)21)18-27-16(28-31-18)14-8-29-7-9(19(23,24)25)4-13(22)17(29)26-14/h2,4-8H,1,3H2. The van der Waals surface area contributed by atoms with Crippen molar-refractivity contribution in [3.63, 3.8) is 0 Å². The highest BCUT2D eigenvalue weighted by molar-refractivity contribution is 6.36. The number of halogens is 6. The first-order valence-electron chi connectivity index (χ1n) is 8.50. The number of benzene rings is 1. The van der Waals surface area contributed by atoms with Crippen molar-refractivity contribution < 1.29 is 22.4 Å². The van der Waals surface area contributed by atoms with E-state index in [2.05, 4.69) is 21.7 Å². The molecule has 0 saturated heterocycles. The molecule has 3 heterocycles. The fourth-order valence-corrected chi connectivity index (χ4v) is 3.42. The van der Waals surface area contributed by atoms with Gasteiger partial charge in [-0.25, -0.2) is 4.98 Å². The minimum atomic E-state index is -4.56. The van der Waals surface area contributed by atoms with Gasteiger partial charge in [0.2, 0.25) is 5.82 Å². The maximum atomic E-state index is 13.0. The van der Waals surface area contributed by atoms with Gasteiger partial charge in [0.15, 0.2) is 5.65 Å². The zero-order chi connectivity index (χ0) is 22.3. The largest absolute Gasteiger partial charge is 0.488 e. The van der Waals surface area contributed by atoms with Crippen molar-refractivity contribution in [2.45, 2.75) is 6.18 Å². The molecular formula is C19H10Cl3F3N4O2. The summed E-state index contributed by atoms with van der Waals surface area (Å²) in [6.07, 6.45) is -0.816. The number of alkyl halides is 3. The van der Waals surface area contributed by atoms with E-state index in [0.29, 0.717) is 11.3 Å². The topological polar surface area (TPSA) is 65.5 Å². The van der Waals surface area contributed by atoms with Crippen LogP contribution in [0.4, 0.5) is 13.2 Å². The van der Waals surface area contributed by atoms with Gasteiger partial charge in [-0.2, -0.15) is 18.2 Å². The third kappa shape index (κ3) is 4.21. The molecule has 0 N–H and O–H groups in total. The van der Waals surface area contributed by atoms with Crippen LogP contribution in [0.3, 0.4) is 0 Å². The summed E-state index contributed by atoms with van der Waals surface area (Å²) in [6, 6.07) is 3.79. The summed E-state index contributed by atoms with van der Waals surface area (Å²) in [5.41, 5.74) is -0.300. The molecule has 4 rings (SSSR count). The van der Waals surface area contributed by atoms with Gasteiger partial charge >= 0.3 is 6.18 Å². The summed E-state index contributed by atoms with van der Waals surface area (Å²) >= 11 is 18.4. The second-order valence-corrected chi connectivity index (χ2v) is 7.44. The second kappa shape index (κ2) is 8.07. The maximum Gasteiger partial charge on any atom is 0.417 e. The quantitative estimate of drug-likeness (QED) is 0.296. The number of nitrogens with zero attached hydrogens (tertiary/aromatic N) is 4. The van der Waals surface area contributed by atoms with Gasteiger partial charge in [-0.05, 0) is 12.1 Å². The highest BCUT2D eigenvalue weighted by atomic mass is 35.5. The van der Waals surface area contributed by atoms with Crippen molar-refractivity contribution in [3.8, 4) is 28.7 Å². The lowest BCUT2D eigenvalue weighted by Gasteiger charge is -2.08. The molecule has 0 unspecified atom stereocenters. The molecule has 0 saturated carbocycles. The van der Waals surface area contributed by atoms with E-state index >= 15 is 0 Å². The van der Waals surface area contributed by atoms with E-state index in [1.165, 1.54) is 18.3 Å². The maximum absolute atomic E-state index is 13.0. The minimum Gasteiger partial charge on any atom is -0.488 e. The fourth-order valence-electron chi connectivity index (χ4n) is 2.71. The van der Waals surface area contributed by atoms with Crippen molar-refractivity contribution in [1.82, 2.24) is 19.5 Å². The molecule has 0 radical (unpaired) electrons. The Hall–Kier alpha value is -2.75. The third-order valence-corrected chi connectivity index (χ3v) is 4.98. The molecule has 6 nitrogen and oxygen atoms in total. The zero-order valence-corrected chi connectivity index (χ0v) is 17.5. The molecular weight excluding hydrogens is 480 g/mol. The van der Waals surface area contributed by atoms with Crippen molar-refractivity contribution in [3.05, 3.63) is 63.9 Å². The number of fused-ring (bicyclic) bond motifs is 1. The average Bonchev–Trinajstić information content (AvgIpc) is 3.34. The molecule has 0 aliphatic heterocycles. The molecule has 4 aromatic rings. The summed E-state index contributed by atoms with van der Waals surface area (Å²) in [7, 11) is 0. The van der Waals surface area contributed by atoms with Crippen LogP contribution >= 0.6 is 34.8 Å². The van der Waals surface area contributed by atoms with Crippen LogP contribution in [0.25, 0.3) is 28.6 Å². The van der Waals surface area contributed by atoms with Gasteiger partial charge in [0.1, 0.15) is 18.1 Å². The van der Waals surface area contributed by atoms with Crippen molar-refractivity contribution in [2.24, 2.45) is 0 Å². The van der Waals surface area contributed by atoms with E-state index in [1.54, 1.807) is 6.08 Å². The number of hydrogen-bond donors (Lipinski definition) is 0. The van der Waals surface area contributed by atoms with Gasteiger partial charge in [0.05, 0.1) is 26.2 Å². The lowest BCUT2D eigenvalue weighted by molar-refractivity contribution is -0.137. The number of hydrogen-bond acceptors (Lipinski definition) is 5. The molecule has 0 atom stereocenters. The number of rotatable bonds is 5. The zero-order valence-electron chi connectivity index (χ0n) is 15.3. The number of imidazole rings is 1. The van der Waals surface area contributed by atoms with Crippen LogP contribution in [0, 0.1) is 0 Å². The van der Waals surface area contributed by atoms with Gasteiger partial charge in [-0.3, -0.25) is 0 Å². The summed E-state index contributed by atoms with van der Waals surface area (Å²) < 4.78 is 50.8. The molecule has 0 spiro atoms. The Labute approximate surface area is 187 Å². The molecule has 31 heavy (non-hydrogen) atoms. The predicted octanol–water partition coefficient (Wildman–Crippen LogP) is 6.60. The average molecular weight is 490 g/mol. The molecule has 1 aromatic carbocycles. The van der Waals surface area contributed by atoms with E-state index in [4.69, 9.17) is 44.1 Å². The first-order chi connectivity index (χ1) is 14.7. The number of pyridine rings is 1. The Bertz CT molecular complexity index is 1300. The van der Waals surface area contributed by atoms with Gasteiger partial charge < -0.3 is 13.7 Å². The minimum absolute atomic E-state index is 0.0301. The second-order valence-electron chi connectivity index (χ2n) is 6.22. The highest BCUT2D eigenvalue weighted by Crippen LogP contribution is 2.37. The monoisotopic (exact) mass is 488 g/mol. The van der Waals surface area contributed by atoms with Crippen LogP contribution in [0.2, 0.25) is 15.1 Å². The van der Waals surface area contributed by atoms with Crippen LogP contribution in [0.1, 0.15) is 5.56 Å². The molecule has 0 aliphatic rings. The van der Waals surface area contributed by atoms with E-state index in [-0.39, 0.29) is 44.7 Å². The molecule has 0 fully saturated rings. The van der Waals surface area contributed by atoms with Crippen LogP contribution in [-0.2, 0) is 6.18 Å². The Morgan fingerprint density at radius 3 is 2.55 bits per heavy atom. The lowest BCUT2D eigenvalue weighted by atomic mass is 10.2. The van der Waals surface area contributed by atoms with Crippen LogP contribution < -0.4 is 4.74 Å². The highest BCUT2D eigenvalue weighted by Gasteiger charge is 2.32. The van der Waals surface area contributed by atoms with Crippen molar-refractivity contribution in [1.29, 1.82) is 0 Å². The Balaban J connectivity index is 1.71. The molecule has 0 aliphatic carbocycles. The molecule has 3 aromatic heterocycles. The van der Waals surface area contributed by atoms with Crippen molar-refractivity contribution in [2.75, 3.05) is 6.61 Å². The van der Waals surface area contributed by atoms with Crippen molar-refractivity contribution >= 4 is 40.4 Å². The van der Waals surface area contributed by atoms with E-state index in [9.17, 15) is 13.2 Å². The first-order valence-corrected chi connectivity index (χ1v) is 9.63. The SMILES string of the molecule is C=CCOc1cc(Cl)c(-c2nc(-c3cn4cc(C(F)(F)F)cc(Cl)c4n3)no2)cc1Cl.